The number of esters is 4. The van der Waals surface area contributed by atoms with Crippen LogP contribution in [0.15, 0.2) is 0 Å². The second-order valence-corrected chi connectivity index (χ2v) is 29.8. The summed E-state index contributed by atoms with van der Waals surface area (Å²) in [5, 5.41) is 10.6. The number of carbonyl (C=O) groups is 4. The van der Waals surface area contributed by atoms with Gasteiger partial charge < -0.3 is 33.8 Å². The third-order valence-electron chi connectivity index (χ3n) is 16.7. The van der Waals surface area contributed by atoms with Crippen LogP contribution in [-0.4, -0.2) is 96.7 Å². The predicted octanol–water partition coefficient (Wildman–Crippen LogP) is 20.8. The van der Waals surface area contributed by atoms with Gasteiger partial charge in [0, 0.05) is 25.7 Å². The van der Waals surface area contributed by atoms with Gasteiger partial charge in [-0.15, -0.1) is 0 Å². The third-order valence-corrected chi connectivity index (χ3v) is 18.6. The zero-order valence-electron chi connectivity index (χ0n) is 59.1. The van der Waals surface area contributed by atoms with Crippen LogP contribution in [0.1, 0.15) is 369 Å². The molecule has 0 spiro atoms. The number of carbonyl (C=O) groups excluding carboxylic acids is 4. The summed E-state index contributed by atoms with van der Waals surface area (Å²) in [6.07, 6.45) is 50.5. The van der Waals surface area contributed by atoms with Gasteiger partial charge in [-0.1, -0.05) is 318 Å². The molecular formula is C72H140O17P2. The van der Waals surface area contributed by atoms with E-state index in [-0.39, 0.29) is 25.7 Å². The lowest BCUT2D eigenvalue weighted by Gasteiger charge is -2.21. The molecule has 2 unspecified atom stereocenters. The summed E-state index contributed by atoms with van der Waals surface area (Å²) in [5.74, 6) is -0.639. The number of phosphoric ester groups is 2. The van der Waals surface area contributed by atoms with Gasteiger partial charge in [-0.05, 0) is 37.5 Å². The van der Waals surface area contributed by atoms with Crippen LogP contribution in [0, 0.1) is 11.8 Å². The van der Waals surface area contributed by atoms with E-state index < -0.39 is 97.5 Å². The lowest BCUT2D eigenvalue weighted by molar-refractivity contribution is -0.161. The molecule has 0 bridgehead atoms. The summed E-state index contributed by atoms with van der Waals surface area (Å²) in [5.41, 5.74) is 0. The lowest BCUT2D eigenvalue weighted by Crippen LogP contribution is -2.30. The van der Waals surface area contributed by atoms with Gasteiger partial charge in [-0.2, -0.15) is 0 Å². The zero-order chi connectivity index (χ0) is 67.2. The Bertz CT molecular complexity index is 1770. The first-order valence-corrected chi connectivity index (χ1v) is 40.5. The minimum atomic E-state index is -4.95. The van der Waals surface area contributed by atoms with E-state index in [1.54, 1.807) is 0 Å². The Morgan fingerprint density at radius 2 is 0.505 bits per heavy atom. The maximum absolute atomic E-state index is 13.0. The maximum Gasteiger partial charge on any atom is 0.472 e. The van der Waals surface area contributed by atoms with Gasteiger partial charge in [0.05, 0.1) is 26.4 Å². The van der Waals surface area contributed by atoms with E-state index in [2.05, 4.69) is 41.5 Å². The Labute approximate surface area is 556 Å². The van der Waals surface area contributed by atoms with Gasteiger partial charge >= 0.3 is 39.5 Å². The highest BCUT2D eigenvalue weighted by molar-refractivity contribution is 7.47. The molecule has 0 heterocycles. The smallest absolute Gasteiger partial charge is 0.462 e. The van der Waals surface area contributed by atoms with Crippen molar-refractivity contribution in [2.24, 2.45) is 11.8 Å². The second-order valence-electron chi connectivity index (χ2n) is 26.9. The molecule has 19 heteroatoms. The topological polar surface area (TPSA) is 237 Å². The van der Waals surface area contributed by atoms with Gasteiger partial charge in [0.1, 0.15) is 19.3 Å². The first kappa shape index (κ1) is 89.1. The second kappa shape index (κ2) is 64.1. The molecule has 3 N–H and O–H groups in total. The minimum absolute atomic E-state index is 0.104. The van der Waals surface area contributed by atoms with Gasteiger partial charge in [-0.3, -0.25) is 37.3 Å². The third kappa shape index (κ3) is 66.5. The van der Waals surface area contributed by atoms with Crippen molar-refractivity contribution >= 4 is 39.5 Å². The van der Waals surface area contributed by atoms with Crippen LogP contribution in [0.3, 0.4) is 0 Å². The molecule has 0 fully saturated rings. The van der Waals surface area contributed by atoms with Gasteiger partial charge in [-0.25, -0.2) is 9.13 Å². The number of aliphatic hydroxyl groups excluding tert-OH is 1. The quantitative estimate of drug-likeness (QED) is 0.0222. The lowest BCUT2D eigenvalue weighted by atomic mass is 10.0. The number of hydrogen-bond acceptors (Lipinski definition) is 15. The zero-order valence-corrected chi connectivity index (χ0v) is 60.9. The van der Waals surface area contributed by atoms with Crippen molar-refractivity contribution in [2.75, 3.05) is 39.6 Å². The van der Waals surface area contributed by atoms with Crippen molar-refractivity contribution in [2.45, 2.75) is 387 Å². The highest BCUT2D eigenvalue weighted by Gasteiger charge is 2.30. The van der Waals surface area contributed by atoms with E-state index in [0.717, 1.165) is 108 Å². The number of ether oxygens (including phenoxy) is 4. The molecule has 5 atom stereocenters. The van der Waals surface area contributed by atoms with Crippen molar-refractivity contribution in [3.8, 4) is 0 Å². The molecule has 0 saturated heterocycles. The molecule has 17 nitrogen and oxygen atoms in total. The largest absolute Gasteiger partial charge is 0.472 e. The Balaban J connectivity index is 5.11. The highest BCUT2D eigenvalue weighted by Crippen LogP contribution is 2.45. The predicted molar refractivity (Wildman–Crippen MR) is 368 cm³/mol. The maximum atomic E-state index is 13.0. The molecule has 0 amide bonds. The number of unbranched alkanes of at least 4 members (excludes halogenated alkanes) is 41. The monoisotopic (exact) mass is 1340 g/mol. The van der Waals surface area contributed by atoms with E-state index in [9.17, 15) is 43.2 Å². The Hall–Kier alpha value is -1.94. The number of rotatable bonds is 71. The average Bonchev–Trinajstić information content (AvgIpc) is 3.52. The molecule has 0 aromatic carbocycles. The van der Waals surface area contributed by atoms with Crippen molar-refractivity contribution < 1.29 is 80.2 Å². The van der Waals surface area contributed by atoms with E-state index in [1.165, 1.54) is 180 Å². The van der Waals surface area contributed by atoms with E-state index in [1.807, 2.05) is 0 Å². The first-order chi connectivity index (χ1) is 43.9. The van der Waals surface area contributed by atoms with Crippen molar-refractivity contribution in [3.05, 3.63) is 0 Å². The first-order valence-electron chi connectivity index (χ1n) is 37.5. The molecule has 0 aromatic rings. The fourth-order valence-corrected chi connectivity index (χ4v) is 12.5. The minimum Gasteiger partial charge on any atom is -0.462 e. The molecule has 0 aromatic heterocycles. The van der Waals surface area contributed by atoms with Crippen LogP contribution in [0.25, 0.3) is 0 Å². The number of hydrogen-bond donors (Lipinski definition) is 3. The number of aliphatic hydroxyl groups is 1. The van der Waals surface area contributed by atoms with Crippen molar-refractivity contribution in [1.82, 2.24) is 0 Å². The summed E-state index contributed by atoms with van der Waals surface area (Å²) in [6, 6.07) is 0. The summed E-state index contributed by atoms with van der Waals surface area (Å²) in [4.78, 5) is 72.3. The average molecular weight is 1340 g/mol. The Kier molecular flexibility index (Phi) is 62.7. The summed E-state index contributed by atoms with van der Waals surface area (Å²) in [6.45, 7) is 9.44. The van der Waals surface area contributed by atoms with E-state index >= 15 is 0 Å². The van der Waals surface area contributed by atoms with Gasteiger partial charge in [0.25, 0.3) is 0 Å². The molecule has 0 aliphatic carbocycles. The summed E-state index contributed by atoms with van der Waals surface area (Å²) >= 11 is 0. The van der Waals surface area contributed by atoms with Crippen molar-refractivity contribution in [3.63, 3.8) is 0 Å². The molecule has 0 aliphatic heterocycles. The number of phosphoric acid groups is 2. The van der Waals surface area contributed by atoms with Crippen LogP contribution < -0.4 is 0 Å². The summed E-state index contributed by atoms with van der Waals surface area (Å²) < 4.78 is 68.1. The molecule has 0 rings (SSSR count). The van der Waals surface area contributed by atoms with Crippen LogP contribution in [-0.2, 0) is 65.4 Å². The van der Waals surface area contributed by atoms with Gasteiger partial charge in [0.2, 0.25) is 0 Å². The molecule has 91 heavy (non-hydrogen) atoms. The molecular weight excluding hydrogens is 1200 g/mol. The molecule has 0 aliphatic rings. The Morgan fingerprint density at radius 1 is 0.297 bits per heavy atom. The van der Waals surface area contributed by atoms with Crippen LogP contribution in [0.4, 0.5) is 0 Å². The Morgan fingerprint density at radius 3 is 0.747 bits per heavy atom. The van der Waals surface area contributed by atoms with E-state index in [4.69, 9.17) is 37.0 Å². The van der Waals surface area contributed by atoms with Crippen LogP contribution in [0.5, 0.6) is 0 Å². The highest BCUT2D eigenvalue weighted by atomic mass is 31.2. The normalized spacial score (nSPS) is 14.1. The van der Waals surface area contributed by atoms with Crippen molar-refractivity contribution in [1.29, 1.82) is 0 Å². The fraction of sp³-hybridized carbons (Fsp3) is 0.944. The van der Waals surface area contributed by atoms with Crippen LogP contribution >= 0.6 is 15.6 Å². The standard InChI is InChI=1S/C72H140O17P2/c1-7-9-11-13-14-15-16-17-18-19-20-21-22-23-24-25-26-33-38-44-50-56-71(76)89-68(61-83-70(75)55-49-43-37-32-28-27-30-35-41-46-52-64(3)4)63-87-91(80,81)85-59-66(73)58-84-90(78,79)86-62-67(60-82-69(74)54-48-40-12-10-8-2)88-72(77)57-51-45-39-34-29-31-36-42-47-53-65(5)6/h64-68,73H,7-63H2,1-6H3,(H,78,79)(H,80,81)/t66-,67+,68+/m0/s1. The molecule has 0 radical (unpaired) electrons. The summed E-state index contributed by atoms with van der Waals surface area (Å²) in [7, 11) is -9.89. The van der Waals surface area contributed by atoms with Crippen LogP contribution in [0.2, 0.25) is 0 Å². The molecule has 540 valence electrons. The fourth-order valence-electron chi connectivity index (χ4n) is 10.9. The SMILES string of the molecule is CCCCCCCCCCCCCCCCCCCCCCCC(=O)O[C@H](COC(=O)CCCCCCCCCCCCC(C)C)COP(=O)(O)OC[C@@H](O)COP(=O)(O)OC[C@@H](COC(=O)CCCCCCC)OC(=O)CCCCCCCCCCCC(C)C. The van der Waals surface area contributed by atoms with Gasteiger partial charge in [0.15, 0.2) is 12.2 Å². The van der Waals surface area contributed by atoms with E-state index in [0.29, 0.717) is 25.7 Å². The molecule has 0 saturated carbocycles.